The van der Waals surface area contributed by atoms with Crippen LogP contribution >= 0.6 is 0 Å². The van der Waals surface area contributed by atoms with Crippen LogP contribution in [0.25, 0.3) is 0 Å². The molecule has 0 fully saturated rings. The zero-order valence-corrected chi connectivity index (χ0v) is 6.35. The molecule has 1 nitrogen and oxygen atoms in total. The summed E-state index contributed by atoms with van der Waals surface area (Å²) in [4.78, 5) is 0. The second-order valence-electron chi connectivity index (χ2n) is 1.89. The maximum Gasteiger partial charge on any atom is 0.0383 e. The maximum absolute atomic E-state index is 7.41. The fourth-order valence-electron chi connectivity index (χ4n) is 0.623. The van der Waals surface area contributed by atoms with Gasteiger partial charge in [0.1, 0.15) is 0 Å². The van der Waals surface area contributed by atoms with Crippen LogP contribution in [0.4, 0.5) is 0 Å². The molecule has 0 aromatic carbocycles. The number of rotatable bonds is 4. The van der Waals surface area contributed by atoms with E-state index in [4.69, 9.17) is 5.41 Å². The molecule has 1 heteroatoms. The number of hydrogen-bond acceptors (Lipinski definition) is 1. The normalized spacial score (nSPS) is 10.7. The summed E-state index contributed by atoms with van der Waals surface area (Å²) in [6.07, 6.45) is 5.87. The van der Waals surface area contributed by atoms with Gasteiger partial charge in [0.25, 0.3) is 0 Å². The predicted molar refractivity (Wildman–Crippen MR) is 46.5 cm³/mol. The van der Waals surface area contributed by atoms with Crippen LogP contribution in [-0.2, 0) is 0 Å². The summed E-state index contributed by atoms with van der Waals surface area (Å²) in [5.41, 5.74) is 1.47. The Morgan fingerprint density at radius 3 is 2.40 bits per heavy atom. The highest BCUT2D eigenvalue weighted by Gasteiger charge is 1.94. The van der Waals surface area contributed by atoms with Gasteiger partial charge in [-0.2, -0.15) is 0 Å². The third kappa shape index (κ3) is 2.44. The molecular weight excluding hydrogens is 122 g/mol. The highest BCUT2D eigenvalue weighted by atomic mass is 14.4. The molecular formula is C9H13N. The Kier molecular flexibility index (Phi) is 4.21. The summed E-state index contributed by atoms with van der Waals surface area (Å²) in [7, 11) is 0. The van der Waals surface area contributed by atoms with Gasteiger partial charge < -0.3 is 5.41 Å². The van der Waals surface area contributed by atoms with Gasteiger partial charge in [-0.3, -0.25) is 0 Å². The number of nitrogens with one attached hydrogen (secondary N) is 1. The predicted octanol–water partition coefficient (Wildman–Crippen LogP) is 2.71. The molecule has 0 saturated carbocycles. The molecule has 0 unspecified atom stereocenters. The molecule has 0 aliphatic carbocycles. The highest BCUT2D eigenvalue weighted by Crippen LogP contribution is 2.00. The quantitative estimate of drug-likeness (QED) is 0.452. The lowest BCUT2D eigenvalue weighted by molar-refractivity contribution is 1.24. The largest absolute Gasteiger partial charge is 0.305 e. The van der Waals surface area contributed by atoms with Crippen LogP contribution < -0.4 is 0 Å². The van der Waals surface area contributed by atoms with Gasteiger partial charge in [0.2, 0.25) is 0 Å². The summed E-state index contributed by atoms with van der Waals surface area (Å²) in [6.45, 7) is 9.08. The van der Waals surface area contributed by atoms with Gasteiger partial charge in [-0.25, -0.2) is 0 Å². The Morgan fingerprint density at radius 1 is 1.50 bits per heavy atom. The zero-order chi connectivity index (χ0) is 7.98. The van der Waals surface area contributed by atoms with Crippen LogP contribution in [0.2, 0.25) is 0 Å². The fraction of sp³-hybridized carbons (Fsp3) is 0.222. The molecule has 0 rings (SSSR count). The Balaban J connectivity index is 4.34. The van der Waals surface area contributed by atoms with Crippen LogP contribution in [0, 0.1) is 5.41 Å². The highest BCUT2D eigenvalue weighted by molar-refractivity contribution is 6.00. The molecule has 0 amide bonds. The van der Waals surface area contributed by atoms with Crippen LogP contribution in [0.1, 0.15) is 13.3 Å². The van der Waals surface area contributed by atoms with Crippen molar-refractivity contribution in [2.45, 2.75) is 13.3 Å². The van der Waals surface area contributed by atoms with E-state index in [1.165, 1.54) is 0 Å². The van der Waals surface area contributed by atoms with E-state index in [0.29, 0.717) is 5.71 Å². The van der Waals surface area contributed by atoms with Crippen LogP contribution in [-0.4, -0.2) is 5.71 Å². The van der Waals surface area contributed by atoms with Gasteiger partial charge in [-0.15, -0.1) is 0 Å². The van der Waals surface area contributed by atoms with Gasteiger partial charge in [0.05, 0.1) is 0 Å². The van der Waals surface area contributed by atoms with Gasteiger partial charge in [0.15, 0.2) is 0 Å². The van der Waals surface area contributed by atoms with Crippen LogP contribution in [0.5, 0.6) is 0 Å². The van der Waals surface area contributed by atoms with E-state index in [1.807, 2.05) is 6.92 Å². The second-order valence-corrected chi connectivity index (χ2v) is 1.89. The molecule has 0 bridgehead atoms. The second kappa shape index (κ2) is 4.74. The lowest BCUT2D eigenvalue weighted by atomic mass is 10.1. The van der Waals surface area contributed by atoms with Gasteiger partial charge >= 0.3 is 0 Å². The van der Waals surface area contributed by atoms with Crippen LogP contribution in [0.3, 0.4) is 0 Å². The van der Waals surface area contributed by atoms with Crippen molar-refractivity contribution < 1.29 is 0 Å². The molecule has 0 radical (unpaired) electrons. The van der Waals surface area contributed by atoms with E-state index in [0.717, 1.165) is 12.0 Å². The fourth-order valence-corrected chi connectivity index (χ4v) is 0.623. The third-order valence-electron chi connectivity index (χ3n) is 1.22. The first-order chi connectivity index (χ1) is 4.76. The molecule has 0 aromatic heterocycles. The monoisotopic (exact) mass is 135 g/mol. The Morgan fingerprint density at radius 2 is 2.10 bits per heavy atom. The summed E-state index contributed by atoms with van der Waals surface area (Å²) >= 11 is 0. The SMILES string of the molecule is C=C/C=C(/C=C)C(=N)CC. The average molecular weight is 135 g/mol. The summed E-state index contributed by atoms with van der Waals surface area (Å²) in [5, 5.41) is 7.41. The summed E-state index contributed by atoms with van der Waals surface area (Å²) in [5.74, 6) is 0. The number of allylic oxidation sites excluding steroid dienone is 4. The minimum atomic E-state index is 0.606. The molecule has 0 aliphatic heterocycles. The van der Waals surface area contributed by atoms with Crippen molar-refractivity contribution >= 4 is 5.71 Å². The topological polar surface area (TPSA) is 23.9 Å². The van der Waals surface area contributed by atoms with Crippen molar-refractivity contribution in [1.29, 1.82) is 5.41 Å². The smallest absolute Gasteiger partial charge is 0.0383 e. The molecule has 0 saturated heterocycles. The lowest BCUT2D eigenvalue weighted by Gasteiger charge is -1.97. The van der Waals surface area contributed by atoms with E-state index in [1.54, 1.807) is 18.2 Å². The zero-order valence-electron chi connectivity index (χ0n) is 6.35. The average Bonchev–Trinajstić information content (AvgIpc) is 1.99. The van der Waals surface area contributed by atoms with Gasteiger partial charge in [-0.05, 0) is 12.0 Å². The summed E-state index contributed by atoms with van der Waals surface area (Å²) < 4.78 is 0. The van der Waals surface area contributed by atoms with E-state index in [-0.39, 0.29) is 0 Å². The molecule has 1 N–H and O–H groups in total. The lowest BCUT2D eigenvalue weighted by Crippen LogP contribution is -1.95. The third-order valence-corrected chi connectivity index (χ3v) is 1.22. The van der Waals surface area contributed by atoms with Crippen molar-refractivity contribution in [2.24, 2.45) is 0 Å². The molecule has 0 aliphatic rings. The first-order valence-electron chi connectivity index (χ1n) is 3.29. The van der Waals surface area contributed by atoms with E-state index >= 15 is 0 Å². The maximum atomic E-state index is 7.41. The van der Waals surface area contributed by atoms with Gasteiger partial charge in [-0.1, -0.05) is 38.3 Å². The molecule has 0 aromatic rings. The van der Waals surface area contributed by atoms with Crippen molar-refractivity contribution in [1.82, 2.24) is 0 Å². The first-order valence-corrected chi connectivity index (χ1v) is 3.29. The first kappa shape index (κ1) is 8.89. The molecule has 0 atom stereocenters. The van der Waals surface area contributed by atoms with Crippen LogP contribution in [0.15, 0.2) is 37.0 Å². The Hall–Kier alpha value is -1.11. The standard InChI is InChI=1S/C9H13N/c1-4-7-8(5-2)9(10)6-3/h4-5,7,10H,1-2,6H2,3H3/b8-7-,10-9?. The Labute approximate surface area is 62.3 Å². The van der Waals surface area contributed by atoms with Crippen molar-refractivity contribution in [2.75, 3.05) is 0 Å². The molecule has 54 valence electrons. The molecule has 10 heavy (non-hydrogen) atoms. The van der Waals surface area contributed by atoms with E-state index in [9.17, 15) is 0 Å². The Bertz CT molecular complexity index is 175. The minimum absolute atomic E-state index is 0.606. The van der Waals surface area contributed by atoms with E-state index in [2.05, 4.69) is 13.2 Å². The minimum Gasteiger partial charge on any atom is -0.305 e. The van der Waals surface area contributed by atoms with Crippen molar-refractivity contribution in [3.63, 3.8) is 0 Å². The molecule has 0 spiro atoms. The van der Waals surface area contributed by atoms with Crippen molar-refractivity contribution in [3.8, 4) is 0 Å². The number of hydrogen-bond donors (Lipinski definition) is 1. The molecule has 0 heterocycles. The van der Waals surface area contributed by atoms with E-state index < -0.39 is 0 Å². The summed E-state index contributed by atoms with van der Waals surface area (Å²) in [6, 6.07) is 0. The van der Waals surface area contributed by atoms with Crippen molar-refractivity contribution in [3.05, 3.63) is 37.0 Å². The van der Waals surface area contributed by atoms with Gasteiger partial charge in [0, 0.05) is 5.71 Å².